The van der Waals surface area contributed by atoms with Crippen LogP contribution < -0.4 is 0 Å². The second-order valence-corrected chi connectivity index (χ2v) is 8.05. The summed E-state index contributed by atoms with van der Waals surface area (Å²) in [6.45, 7) is 0.926. The molecule has 5 aliphatic rings. The lowest BCUT2D eigenvalue weighted by Crippen LogP contribution is -2.62. The lowest BCUT2D eigenvalue weighted by molar-refractivity contribution is -0.146. The van der Waals surface area contributed by atoms with E-state index in [4.69, 9.17) is 4.74 Å². The van der Waals surface area contributed by atoms with Crippen molar-refractivity contribution in [3.05, 3.63) is 35.5 Å². The molecule has 5 nitrogen and oxygen atoms in total. The van der Waals surface area contributed by atoms with Crippen molar-refractivity contribution in [3.8, 4) is 0 Å². The summed E-state index contributed by atoms with van der Waals surface area (Å²) in [6, 6.07) is 0.400. The molecule has 5 heteroatoms. The number of allylic oxidation sites excluding steroid dienone is 1. The Morgan fingerprint density at radius 2 is 2.12 bits per heavy atom. The van der Waals surface area contributed by atoms with E-state index in [1.54, 1.807) is 6.08 Å². The van der Waals surface area contributed by atoms with Crippen molar-refractivity contribution in [2.24, 2.45) is 11.3 Å². The Bertz CT molecular complexity index is 670. The van der Waals surface area contributed by atoms with Crippen LogP contribution in [0.2, 0.25) is 0 Å². The van der Waals surface area contributed by atoms with Crippen molar-refractivity contribution in [1.82, 2.24) is 4.90 Å². The molecule has 2 unspecified atom stereocenters. The zero-order chi connectivity index (χ0) is 16.7. The molecule has 5 rings (SSSR count). The van der Waals surface area contributed by atoms with Crippen LogP contribution in [0.15, 0.2) is 35.5 Å². The Morgan fingerprint density at radius 1 is 1.29 bits per heavy atom. The van der Waals surface area contributed by atoms with Crippen LogP contribution in [-0.4, -0.2) is 70.4 Å². The molecule has 0 amide bonds. The van der Waals surface area contributed by atoms with Gasteiger partial charge in [-0.1, -0.05) is 24.3 Å². The SMILES string of the molecule is CN1CC[C@]23C4=C5C=CC(O)C4(CCO)O[C@H]2[C@@H](O)C=C[C@H]3[C@H]1C5. The average molecular weight is 331 g/mol. The Kier molecular flexibility index (Phi) is 3.06. The predicted octanol–water partition coefficient (Wildman–Crippen LogP) is 0.375. The van der Waals surface area contributed by atoms with Crippen molar-refractivity contribution >= 4 is 0 Å². The van der Waals surface area contributed by atoms with Crippen LogP contribution in [0.25, 0.3) is 0 Å². The second kappa shape index (κ2) is 4.80. The van der Waals surface area contributed by atoms with E-state index < -0.39 is 17.8 Å². The highest BCUT2D eigenvalue weighted by atomic mass is 16.5. The summed E-state index contributed by atoms with van der Waals surface area (Å²) >= 11 is 0. The van der Waals surface area contributed by atoms with E-state index in [1.807, 2.05) is 6.08 Å². The first-order chi connectivity index (χ1) is 11.5. The van der Waals surface area contributed by atoms with Gasteiger partial charge in [0.2, 0.25) is 0 Å². The normalized spacial score (nSPS) is 51.9. The van der Waals surface area contributed by atoms with Gasteiger partial charge in [0.25, 0.3) is 0 Å². The van der Waals surface area contributed by atoms with Gasteiger partial charge < -0.3 is 25.0 Å². The molecule has 2 saturated heterocycles. The molecule has 0 aromatic heterocycles. The van der Waals surface area contributed by atoms with Crippen molar-refractivity contribution in [1.29, 1.82) is 0 Å². The molecule has 7 atom stereocenters. The fourth-order valence-corrected chi connectivity index (χ4v) is 6.28. The topological polar surface area (TPSA) is 73.2 Å². The molecule has 1 spiro atoms. The number of hydrogen-bond donors (Lipinski definition) is 3. The first kappa shape index (κ1) is 15.3. The van der Waals surface area contributed by atoms with Gasteiger partial charge in [-0.05, 0) is 37.6 Å². The van der Waals surface area contributed by atoms with E-state index in [-0.39, 0.29) is 18.1 Å². The van der Waals surface area contributed by atoms with Gasteiger partial charge >= 0.3 is 0 Å². The monoisotopic (exact) mass is 331 g/mol. The first-order valence-corrected chi connectivity index (χ1v) is 9.00. The number of aliphatic hydroxyl groups is 3. The fraction of sp³-hybridized carbons (Fsp3) is 0.684. The molecular formula is C19H25NO4. The Labute approximate surface area is 141 Å². The van der Waals surface area contributed by atoms with Gasteiger partial charge in [-0.15, -0.1) is 0 Å². The molecule has 2 aliphatic heterocycles. The molecule has 3 aliphatic carbocycles. The van der Waals surface area contributed by atoms with Crippen LogP contribution in [0, 0.1) is 11.3 Å². The maximum absolute atomic E-state index is 10.8. The molecule has 0 aromatic carbocycles. The highest BCUT2D eigenvalue weighted by molar-refractivity contribution is 5.53. The number of hydrogen-bond acceptors (Lipinski definition) is 5. The van der Waals surface area contributed by atoms with Crippen molar-refractivity contribution in [2.75, 3.05) is 20.2 Å². The minimum Gasteiger partial charge on any atom is -0.396 e. The second-order valence-electron chi connectivity index (χ2n) is 8.05. The van der Waals surface area contributed by atoms with Crippen molar-refractivity contribution in [3.63, 3.8) is 0 Å². The summed E-state index contributed by atoms with van der Waals surface area (Å²) in [6.07, 6.45) is 8.36. The number of nitrogens with zero attached hydrogens (tertiary/aromatic N) is 1. The van der Waals surface area contributed by atoms with Crippen LogP contribution >= 0.6 is 0 Å². The summed E-state index contributed by atoms with van der Waals surface area (Å²) < 4.78 is 6.48. The number of ether oxygens (including phenoxy) is 1. The summed E-state index contributed by atoms with van der Waals surface area (Å²) in [5.41, 5.74) is 1.28. The predicted molar refractivity (Wildman–Crippen MR) is 88.2 cm³/mol. The van der Waals surface area contributed by atoms with Gasteiger partial charge in [-0.2, -0.15) is 0 Å². The summed E-state index contributed by atoms with van der Waals surface area (Å²) in [5, 5.41) is 31.2. The quantitative estimate of drug-likeness (QED) is 0.638. The Morgan fingerprint density at radius 3 is 2.92 bits per heavy atom. The van der Waals surface area contributed by atoms with E-state index in [0.29, 0.717) is 18.4 Å². The van der Waals surface area contributed by atoms with Gasteiger partial charge in [0.05, 0.1) is 12.2 Å². The number of aliphatic hydroxyl groups excluding tert-OH is 3. The summed E-state index contributed by atoms with van der Waals surface area (Å²) in [5.74, 6) is 0.294. The molecule has 0 radical (unpaired) electrons. The lowest BCUT2D eigenvalue weighted by atomic mass is 9.50. The van der Waals surface area contributed by atoms with E-state index in [1.165, 1.54) is 11.1 Å². The molecule has 0 aromatic rings. The molecule has 2 heterocycles. The highest BCUT2D eigenvalue weighted by Crippen LogP contribution is 2.67. The van der Waals surface area contributed by atoms with E-state index >= 15 is 0 Å². The zero-order valence-corrected chi connectivity index (χ0v) is 13.9. The maximum atomic E-state index is 10.8. The molecule has 130 valence electrons. The fourth-order valence-electron chi connectivity index (χ4n) is 6.28. The van der Waals surface area contributed by atoms with Gasteiger partial charge in [0.1, 0.15) is 11.7 Å². The molecule has 3 N–H and O–H groups in total. The van der Waals surface area contributed by atoms with E-state index in [9.17, 15) is 15.3 Å². The first-order valence-electron chi connectivity index (χ1n) is 9.00. The minimum absolute atomic E-state index is 0.0397. The lowest BCUT2D eigenvalue weighted by Gasteiger charge is -2.58. The van der Waals surface area contributed by atoms with Crippen molar-refractivity contribution < 1.29 is 20.1 Å². The van der Waals surface area contributed by atoms with Crippen LogP contribution in [-0.2, 0) is 4.74 Å². The smallest absolute Gasteiger partial charge is 0.122 e. The van der Waals surface area contributed by atoms with Gasteiger partial charge in [0.15, 0.2) is 0 Å². The number of piperidine rings is 1. The van der Waals surface area contributed by atoms with E-state index in [0.717, 1.165) is 19.4 Å². The number of rotatable bonds is 2. The maximum Gasteiger partial charge on any atom is 0.122 e. The molecule has 0 saturated carbocycles. The molecule has 2 bridgehead atoms. The third kappa shape index (κ3) is 1.54. The highest BCUT2D eigenvalue weighted by Gasteiger charge is 2.71. The van der Waals surface area contributed by atoms with Crippen LogP contribution in [0.5, 0.6) is 0 Å². The Balaban J connectivity index is 1.78. The van der Waals surface area contributed by atoms with Gasteiger partial charge in [0, 0.05) is 30.4 Å². The minimum atomic E-state index is -0.879. The van der Waals surface area contributed by atoms with Crippen LogP contribution in [0.4, 0.5) is 0 Å². The van der Waals surface area contributed by atoms with Crippen LogP contribution in [0.1, 0.15) is 19.3 Å². The standard InChI is InChI=1S/C19H25NO4/c1-20-8-6-18-12-3-4-14(22)17(18)24-19(7-9-21)15(23)5-2-11(16(18)19)10-13(12)20/h2-5,12-15,17,21-23H,6-10H2,1H3/t12-,13+,14-,15?,17-,18-,19?/m0/s1. The largest absolute Gasteiger partial charge is 0.396 e. The summed E-state index contributed by atoms with van der Waals surface area (Å²) in [7, 11) is 2.18. The van der Waals surface area contributed by atoms with Crippen molar-refractivity contribution in [2.45, 2.75) is 49.2 Å². The van der Waals surface area contributed by atoms with Crippen LogP contribution in [0.3, 0.4) is 0 Å². The van der Waals surface area contributed by atoms with E-state index in [2.05, 4.69) is 24.1 Å². The van der Waals surface area contributed by atoms with Gasteiger partial charge in [-0.25, -0.2) is 0 Å². The molecule has 24 heavy (non-hydrogen) atoms. The average Bonchev–Trinajstić information content (AvgIpc) is 2.87. The summed E-state index contributed by atoms with van der Waals surface area (Å²) in [4.78, 5) is 2.42. The zero-order valence-electron chi connectivity index (χ0n) is 13.9. The molecular weight excluding hydrogens is 306 g/mol. The third-order valence-electron chi connectivity index (χ3n) is 7.20. The third-order valence-corrected chi connectivity index (χ3v) is 7.20. The molecule has 2 fully saturated rings. The number of likely N-dealkylation sites (tertiary alicyclic amines) is 1. The Hall–Kier alpha value is -0.980. The van der Waals surface area contributed by atoms with Gasteiger partial charge in [-0.3, -0.25) is 0 Å².